The second kappa shape index (κ2) is 5.59. The first-order valence-corrected chi connectivity index (χ1v) is 6.70. The van der Waals surface area contributed by atoms with Crippen molar-refractivity contribution in [3.8, 4) is 0 Å². The van der Waals surface area contributed by atoms with Crippen LogP contribution in [0.5, 0.6) is 0 Å². The van der Waals surface area contributed by atoms with E-state index >= 15 is 0 Å². The molecular weight excluding hydrogens is 278 g/mol. The average Bonchev–Trinajstić information content (AvgIpc) is 2.42. The van der Waals surface area contributed by atoms with E-state index in [0.29, 0.717) is 28.8 Å². The highest BCUT2D eigenvalue weighted by Gasteiger charge is 2.19. The van der Waals surface area contributed by atoms with Gasteiger partial charge in [-0.3, -0.25) is 4.79 Å². The number of para-hydroxylation sites is 1. The summed E-state index contributed by atoms with van der Waals surface area (Å²) in [5.41, 5.74) is 1.17. The van der Waals surface area contributed by atoms with Crippen LogP contribution in [0.15, 0.2) is 18.2 Å². The minimum absolute atomic E-state index is 0.0509. The molecule has 4 nitrogen and oxygen atoms in total. The molecule has 0 aliphatic heterocycles. The van der Waals surface area contributed by atoms with E-state index in [1.54, 1.807) is 19.1 Å². The van der Waals surface area contributed by atoms with Gasteiger partial charge in [-0.05, 0) is 25.0 Å². The normalized spacial score (nSPS) is 10.8. The van der Waals surface area contributed by atoms with Gasteiger partial charge in [0.15, 0.2) is 5.78 Å². The first-order chi connectivity index (χ1) is 9.47. The molecule has 0 spiro atoms. The molecule has 0 saturated carbocycles. The number of hydrogen-bond donors (Lipinski definition) is 1. The summed E-state index contributed by atoms with van der Waals surface area (Å²) in [4.78, 5) is 27.6. The largest absolute Gasteiger partial charge is 0.478 e. The van der Waals surface area contributed by atoms with Gasteiger partial charge in [0.25, 0.3) is 0 Å². The number of fused-ring (bicyclic) bond motifs is 1. The molecule has 1 aromatic heterocycles. The van der Waals surface area contributed by atoms with E-state index < -0.39 is 5.97 Å². The second-order valence-corrected chi connectivity index (χ2v) is 4.96. The Morgan fingerprint density at radius 3 is 2.65 bits per heavy atom. The van der Waals surface area contributed by atoms with Crippen LogP contribution in [0.2, 0.25) is 5.02 Å². The Morgan fingerprint density at radius 1 is 1.35 bits per heavy atom. The lowest BCUT2D eigenvalue weighted by atomic mass is 10.0. The van der Waals surface area contributed by atoms with E-state index in [-0.39, 0.29) is 22.6 Å². The lowest BCUT2D eigenvalue weighted by Gasteiger charge is -2.10. The molecular formula is C15H14ClNO3. The molecule has 2 rings (SSSR count). The third kappa shape index (κ3) is 2.39. The molecule has 1 heterocycles. The Labute approximate surface area is 121 Å². The lowest BCUT2D eigenvalue weighted by Crippen LogP contribution is -2.08. The Morgan fingerprint density at radius 2 is 2.05 bits per heavy atom. The van der Waals surface area contributed by atoms with E-state index in [9.17, 15) is 14.7 Å². The number of Topliss-reactive ketones (excluding diaryl/α,β-unsaturated/α-hetero) is 1. The lowest BCUT2D eigenvalue weighted by molar-refractivity contribution is 0.0698. The number of aromatic carboxylic acids is 1. The van der Waals surface area contributed by atoms with Gasteiger partial charge < -0.3 is 5.11 Å². The van der Waals surface area contributed by atoms with Crippen LogP contribution in [0.25, 0.3) is 10.9 Å². The number of rotatable bonds is 4. The van der Waals surface area contributed by atoms with Crippen LogP contribution in [0.4, 0.5) is 0 Å². The topological polar surface area (TPSA) is 67.3 Å². The summed E-state index contributed by atoms with van der Waals surface area (Å²) in [6, 6.07) is 4.78. The number of halogens is 1. The highest BCUT2D eigenvalue weighted by molar-refractivity contribution is 6.37. The summed E-state index contributed by atoms with van der Waals surface area (Å²) in [5.74, 6) is -1.20. The molecule has 0 fully saturated rings. The maximum atomic E-state index is 12.1. The molecule has 0 bridgehead atoms. The first kappa shape index (κ1) is 14.5. The van der Waals surface area contributed by atoms with E-state index in [2.05, 4.69) is 4.98 Å². The van der Waals surface area contributed by atoms with E-state index in [4.69, 9.17) is 11.6 Å². The van der Waals surface area contributed by atoms with Crippen molar-refractivity contribution < 1.29 is 14.7 Å². The van der Waals surface area contributed by atoms with Gasteiger partial charge in [-0.1, -0.05) is 30.7 Å². The third-order valence-electron chi connectivity index (χ3n) is 3.15. The maximum Gasteiger partial charge on any atom is 0.337 e. The maximum absolute atomic E-state index is 12.1. The first-order valence-electron chi connectivity index (χ1n) is 6.32. The van der Waals surface area contributed by atoms with E-state index in [1.165, 1.54) is 6.07 Å². The molecule has 0 aliphatic rings. The SMILES string of the molecule is CCCC(=O)c1nc2c(C(=O)O)cccc2c(Cl)c1C. The molecule has 1 aromatic carbocycles. The van der Waals surface area contributed by atoms with Crippen molar-refractivity contribution in [3.63, 3.8) is 0 Å². The van der Waals surface area contributed by atoms with Gasteiger partial charge in [-0.2, -0.15) is 0 Å². The van der Waals surface area contributed by atoms with Crippen molar-refractivity contribution in [2.24, 2.45) is 0 Å². The highest BCUT2D eigenvalue weighted by atomic mass is 35.5. The summed E-state index contributed by atoms with van der Waals surface area (Å²) in [7, 11) is 0. The molecule has 0 aliphatic carbocycles. The number of carbonyl (C=O) groups excluding carboxylic acids is 1. The number of carbonyl (C=O) groups is 2. The van der Waals surface area contributed by atoms with Gasteiger partial charge in [0.2, 0.25) is 0 Å². The van der Waals surface area contributed by atoms with Crippen molar-refractivity contribution in [2.45, 2.75) is 26.7 Å². The number of nitrogens with zero attached hydrogens (tertiary/aromatic N) is 1. The predicted octanol–water partition coefficient (Wildman–Crippen LogP) is 3.88. The van der Waals surface area contributed by atoms with Crippen molar-refractivity contribution >= 4 is 34.3 Å². The monoisotopic (exact) mass is 291 g/mol. The van der Waals surface area contributed by atoms with Gasteiger partial charge in [-0.25, -0.2) is 9.78 Å². The number of pyridine rings is 1. The molecule has 0 amide bonds. The summed E-state index contributed by atoms with van der Waals surface area (Å²) in [6.07, 6.45) is 1.07. The minimum Gasteiger partial charge on any atom is -0.478 e. The van der Waals surface area contributed by atoms with Crippen LogP contribution in [0, 0.1) is 6.92 Å². The Kier molecular flexibility index (Phi) is 4.04. The fourth-order valence-electron chi connectivity index (χ4n) is 2.13. The van der Waals surface area contributed by atoms with Crippen LogP contribution < -0.4 is 0 Å². The zero-order valence-electron chi connectivity index (χ0n) is 11.2. The number of carboxylic acids is 1. The molecule has 0 atom stereocenters. The Hall–Kier alpha value is -1.94. The molecule has 2 aromatic rings. The van der Waals surface area contributed by atoms with E-state index in [0.717, 1.165) is 0 Å². The average molecular weight is 292 g/mol. The molecule has 5 heteroatoms. The zero-order valence-corrected chi connectivity index (χ0v) is 12.0. The van der Waals surface area contributed by atoms with E-state index in [1.807, 2.05) is 6.92 Å². The van der Waals surface area contributed by atoms with Gasteiger partial charge in [0, 0.05) is 11.8 Å². The van der Waals surface area contributed by atoms with Crippen LogP contribution in [0.3, 0.4) is 0 Å². The van der Waals surface area contributed by atoms with Crippen molar-refractivity contribution in [2.75, 3.05) is 0 Å². The Balaban J connectivity index is 2.79. The molecule has 1 N–H and O–H groups in total. The van der Waals surface area contributed by atoms with Gasteiger partial charge in [0.05, 0.1) is 16.1 Å². The molecule has 20 heavy (non-hydrogen) atoms. The van der Waals surface area contributed by atoms with Gasteiger partial charge >= 0.3 is 5.97 Å². The van der Waals surface area contributed by atoms with Crippen molar-refractivity contribution in [1.29, 1.82) is 0 Å². The molecule has 0 radical (unpaired) electrons. The Bertz CT molecular complexity index is 710. The number of carboxylic acid groups (broad SMARTS) is 1. The standard InChI is InChI=1S/C15H14ClNO3/c1-3-5-11(18)13-8(2)12(16)9-6-4-7-10(15(19)20)14(9)17-13/h4,6-7H,3,5H2,1-2H3,(H,19,20). The zero-order chi connectivity index (χ0) is 14.9. The fraction of sp³-hybridized carbons (Fsp3) is 0.267. The number of aromatic nitrogens is 1. The summed E-state index contributed by atoms with van der Waals surface area (Å²) in [6.45, 7) is 3.63. The number of benzene rings is 1. The smallest absolute Gasteiger partial charge is 0.337 e. The summed E-state index contributed by atoms with van der Waals surface area (Å²) in [5, 5.41) is 10.1. The van der Waals surface area contributed by atoms with Crippen LogP contribution in [-0.2, 0) is 0 Å². The molecule has 0 saturated heterocycles. The number of hydrogen-bond acceptors (Lipinski definition) is 3. The van der Waals surface area contributed by atoms with Crippen LogP contribution >= 0.6 is 11.6 Å². The third-order valence-corrected chi connectivity index (χ3v) is 3.64. The summed E-state index contributed by atoms with van der Waals surface area (Å²) < 4.78 is 0. The van der Waals surface area contributed by atoms with Crippen molar-refractivity contribution in [1.82, 2.24) is 4.98 Å². The predicted molar refractivity (Wildman–Crippen MR) is 77.7 cm³/mol. The second-order valence-electron chi connectivity index (χ2n) is 4.58. The fourth-order valence-corrected chi connectivity index (χ4v) is 2.37. The van der Waals surface area contributed by atoms with Gasteiger partial charge in [-0.15, -0.1) is 0 Å². The molecule has 104 valence electrons. The number of ketones is 1. The highest BCUT2D eigenvalue weighted by Crippen LogP contribution is 2.30. The van der Waals surface area contributed by atoms with Crippen LogP contribution in [0.1, 0.15) is 46.2 Å². The summed E-state index contributed by atoms with van der Waals surface area (Å²) >= 11 is 6.27. The van der Waals surface area contributed by atoms with Crippen LogP contribution in [-0.4, -0.2) is 21.8 Å². The minimum atomic E-state index is -1.09. The quantitative estimate of drug-likeness (QED) is 0.868. The van der Waals surface area contributed by atoms with Crippen molar-refractivity contribution in [3.05, 3.63) is 40.0 Å². The van der Waals surface area contributed by atoms with Gasteiger partial charge in [0.1, 0.15) is 5.69 Å². The molecule has 0 unspecified atom stereocenters.